The standard InChI is InChI=1S/C31H30BF2N4O2/c1-20-15-22(3)37-30(20)29(31-21(2)16-23(4)38(31)32(37,33)34)24-11-12-27(39-18-25-9-5-7-13-35-25)28(17-24)40-19-26-10-6-8-14-36-26/h5-17,22H,18-19H2,1-4H3/q-1. The molecule has 1 unspecified atom stereocenters. The van der Waals surface area contributed by atoms with Crippen LogP contribution in [-0.2, 0) is 13.2 Å². The molecule has 3 aromatic heterocycles. The molecule has 6 nitrogen and oxygen atoms in total. The van der Waals surface area contributed by atoms with Crippen LogP contribution in [0.15, 0.2) is 90.4 Å². The van der Waals surface area contributed by atoms with Gasteiger partial charge in [-0.05, 0) is 92.6 Å². The van der Waals surface area contributed by atoms with E-state index in [-0.39, 0.29) is 13.2 Å². The molecule has 204 valence electrons. The van der Waals surface area contributed by atoms with Gasteiger partial charge in [0.2, 0.25) is 0 Å². The molecular weight excluding hydrogens is 509 g/mol. The minimum Gasteiger partial charge on any atom is -0.483 e. The first kappa shape index (κ1) is 25.9. The minimum absolute atomic E-state index is 0.230. The molecule has 0 radical (unpaired) electrons. The molecule has 4 aromatic rings. The van der Waals surface area contributed by atoms with E-state index in [2.05, 4.69) is 9.97 Å². The van der Waals surface area contributed by atoms with Crippen LogP contribution in [0.5, 0.6) is 11.5 Å². The zero-order chi connectivity index (χ0) is 28.0. The molecule has 5 heterocycles. The van der Waals surface area contributed by atoms with Crippen molar-refractivity contribution in [2.24, 2.45) is 0 Å². The Morgan fingerprint density at radius 3 is 2.12 bits per heavy atom. The lowest BCUT2D eigenvalue weighted by Crippen LogP contribution is -2.57. The Balaban J connectivity index is 1.47. The summed E-state index contributed by atoms with van der Waals surface area (Å²) >= 11 is 0. The van der Waals surface area contributed by atoms with Crippen molar-refractivity contribution in [3.63, 3.8) is 0 Å². The van der Waals surface area contributed by atoms with E-state index in [0.717, 1.165) is 33.7 Å². The zero-order valence-electron chi connectivity index (χ0n) is 22.9. The molecule has 1 atom stereocenters. The SMILES string of the molecule is CC1=CC(C)N2C1=C(c1ccc(OCc3ccccn3)c(OCc3ccccn3)c1)c1c(C)cc(C)n1[B-]2(F)F. The third kappa shape index (κ3) is 4.35. The number of benzene rings is 1. The summed E-state index contributed by atoms with van der Waals surface area (Å²) in [4.78, 5) is 9.99. The molecule has 0 saturated heterocycles. The van der Waals surface area contributed by atoms with E-state index in [4.69, 9.17) is 9.47 Å². The lowest BCUT2D eigenvalue weighted by atomic mass is 9.82. The van der Waals surface area contributed by atoms with E-state index >= 15 is 8.63 Å². The van der Waals surface area contributed by atoms with Gasteiger partial charge < -0.3 is 27.4 Å². The van der Waals surface area contributed by atoms with Crippen LogP contribution in [0.2, 0.25) is 0 Å². The number of hydrogen-bond donors (Lipinski definition) is 0. The molecule has 2 aliphatic heterocycles. The van der Waals surface area contributed by atoms with Gasteiger partial charge in [0.25, 0.3) is 0 Å². The average Bonchev–Trinajstić information content (AvgIpc) is 3.42. The Morgan fingerprint density at radius 1 is 0.850 bits per heavy atom. The molecule has 0 amide bonds. The predicted molar refractivity (Wildman–Crippen MR) is 152 cm³/mol. The van der Waals surface area contributed by atoms with Gasteiger partial charge in [-0.1, -0.05) is 24.3 Å². The van der Waals surface area contributed by atoms with Crippen LogP contribution in [-0.4, -0.2) is 32.3 Å². The number of hydrogen-bond acceptors (Lipinski definition) is 5. The van der Waals surface area contributed by atoms with Crippen molar-refractivity contribution in [3.8, 4) is 11.5 Å². The first-order chi connectivity index (χ1) is 19.3. The summed E-state index contributed by atoms with van der Waals surface area (Å²) in [6.45, 7) is 3.83. The van der Waals surface area contributed by atoms with Crippen LogP contribution in [0.4, 0.5) is 8.63 Å². The highest BCUT2D eigenvalue weighted by Gasteiger charge is 2.48. The Hall–Kier alpha value is -4.40. The minimum atomic E-state index is -4.02. The molecule has 0 aliphatic carbocycles. The van der Waals surface area contributed by atoms with Gasteiger partial charge in [0, 0.05) is 35.4 Å². The van der Waals surface area contributed by atoms with E-state index in [1.165, 1.54) is 9.29 Å². The second kappa shape index (κ2) is 9.97. The Kier molecular flexibility index (Phi) is 6.45. The summed E-state index contributed by atoms with van der Waals surface area (Å²) in [5, 5.41) is 0. The van der Waals surface area contributed by atoms with E-state index in [1.54, 1.807) is 19.3 Å². The smallest absolute Gasteiger partial charge is 0.483 e. The lowest BCUT2D eigenvalue weighted by molar-refractivity contribution is 0.252. The van der Waals surface area contributed by atoms with Crippen LogP contribution >= 0.6 is 0 Å². The quantitative estimate of drug-likeness (QED) is 0.245. The van der Waals surface area contributed by atoms with Crippen LogP contribution in [0.1, 0.15) is 47.8 Å². The van der Waals surface area contributed by atoms with E-state index in [0.29, 0.717) is 28.6 Å². The normalized spacial score (nSPS) is 17.4. The number of aryl methyl sites for hydroxylation is 2. The van der Waals surface area contributed by atoms with Gasteiger partial charge in [-0.25, -0.2) is 0 Å². The van der Waals surface area contributed by atoms with Crippen LogP contribution < -0.4 is 9.47 Å². The van der Waals surface area contributed by atoms with E-state index < -0.39 is 13.0 Å². The summed E-state index contributed by atoms with van der Waals surface area (Å²) in [7, 11) is 0. The number of aromatic nitrogens is 3. The van der Waals surface area contributed by atoms with Crippen LogP contribution in [0.25, 0.3) is 5.57 Å². The van der Waals surface area contributed by atoms with E-state index in [1.807, 2.05) is 87.5 Å². The molecule has 0 saturated carbocycles. The van der Waals surface area contributed by atoms with Crippen molar-refractivity contribution in [2.45, 2.75) is 47.0 Å². The fourth-order valence-electron chi connectivity index (χ4n) is 5.90. The van der Waals surface area contributed by atoms with E-state index in [9.17, 15) is 0 Å². The highest BCUT2D eigenvalue weighted by atomic mass is 19.2. The Morgan fingerprint density at radius 2 is 1.50 bits per heavy atom. The number of allylic oxidation sites excluding steroid dienone is 1. The molecule has 0 bridgehead atoms. The number of nitrogens with zero attached hydrogens (tertiary/aromatic N) is 4. The van der Waals surface area contributed by atoms with Gasteiger partial charge in [0.05, 0.1) is 11.4 Å². The third-order valence-corrected chi connectivity index (χ3v) is 7.54. The van der Waals surface area contributed by atoms with Gasteiger partial charge in [-0.3, -0.25) is 9.97 Å². The summed E-state index contributed by atoms with van der Waals surface area (Å²) in [5.41, 5.74) is 6.35. The van der Waals surface area contributed by atoms with Crippen molar-refractivity contribution < 1.29 is 18.1 Å². The molecule has 0 N–H and O–H groups in total. The number of fused-ring (bicyclic) bond motifs is 2. The fraction of sp³-hybridized carbons (Fsp3) is 0.226. The Labute approximate surface area is 232 Å². The maximum absolute atomic E-state index is 16.1. The van der Waals surface area contributed by atoms with Gasteiger partial charge in [0.1, 0.15) is 13.2 Å². The first-order valence-electron chi connectivity index (χ1n) is 13.4. The molecule has 40 heavy (non-hydrogen) atoms. The Bertz CT molecular complexity index is 1630. The summed E-state index contributed by atoms with van der Waals surface area (Å²) in [5.74, 6) is 1.04. The molecule has 1 aromatic carbocycles. The fourth-order valence-corrected chi connectivity index (χ4v) is 5.90. The van der Waals surface area contributed by atoms with Crippen molar-refractivity contribution in [1.29, 1.82) is 0 Å². The molecule has 9 heteroatoms. The first-order valence-corrected chi connectivity index (χ1v) is 13.4. The monoisotopic (exact) mass is 539 g/mol. The number of halogens is 2. The van der Waals surface area contributed by atoms with Crippen molar-refractivity contribution in [2.75, 3.05) is 0 Å². The van der Waals surface area contributed by atoms with Gasteiger partial charge >= 0.3 is 6.97 Å². The van der Waals surface area contributed by atoms with Gasteiger partial charge in [-0.15, -0.1) is 0 Å². The second-order valence-electron chi connectivity index (χ2n) is 10.4. The molecule has 0 fully saturated rings. The predicted octanol–water partition coefficient (Wildman–Crippen LogP) is 6.70. The lowest BCUT2D eigenvalue weighted by Gasteiger charge is -2.49. The molecule has 2 aliphatic rings. The molecule has 6 rings (SSSR count). The maximum Gasteiger partial charge on any atom is 0.529 e. The molecule has 0 spiro atoms. The topological polar surface area (TPSA) is 52.4 Å². The summed E-state index contributed by atoms with van der Waals surface area (Å²) in [6, 6.07) is 18.3. The van der Waals surface area contributed by atoms with Crippen molar-refractivity contribution in [3.05, 3.63) is 124 Å². The third-order valence-electron chi connectivity index (χ3n) is 7.54. The number of rotatable bonds is 7. The van der Waals surface area contributed by atoms with Crippen LogP contribution in [0.3, 0.4) is 0 Å². The molecular formula is C31H30BF2N4O2-. The number of ether oxygens (including phenoxy) is 2. The maximum atomic E-state index is 16.1. The van der Waals surface area contributed by atoms with Crippen LogP contribution in [0, 0.1) is 13.8 Å². The van der Waals surface area contributed by atoms with Gasteiger partial charge in [0.15, 0.2) is 11.5 Å². The largest absolute Gasteiger partial charge is 0.529 e. The summed E-state index contributed by atoms with van der Waals surface area (Å²) in [6.07, 6.45) is 5.34. The highest BCUT2D eigenvalue weighted by molar-refractivity contribution is 6.63. The van der Waals surface area contributed by atoms with Crippen molar-refractivity contribution in [1.82, 2.24) is 19.3 Å². The zero-order valence-corrected chi connectivity index (χ0v) is 22.9. The number of pyridine rings is 2. The van der Waals surface area contributed by atoms with Gasteiger partial charge in [-0.2, -0.15) is 0 Å². The highest BCUT2D eigenvalue weighted by Crippen LogP contribution is 2.48. The second-order valence-corrected chi connectivity index (χ2v) is 10.4. The average molecular weight is 539 g/mol. The summed E-state index contributed by atoms with van der Waals surface area (Å²) < 4.78 is 45.8. The van der Waals surface area contributed by atoms with Crippen molar-refractivity contribution >= 4 is 12.5 Å².